The molecule has 0 aromatic carbocycles. The standard InChI is InChI=1S/C9H16/c1-3-9(2)5-4-7-6-8(7)9/h7-8H,3-6H2,1-2H3. The topological polar surface area (TPSA) is 0 Å². The molecule has 0 nitrogen and oxygen atoms in total. The Morgan fingerprint density at radius 3 is 2.56 bits per heavy atom. The molecule has 0 aromatic rings. The van der Waals surface area contributed by atoms with Gasteiger partial charge in [0.15, 0.2) is 0 Å². The van der Waals surface area contributed by atoms with Crippen molar-refractivity contribution in [2.24, 2.45) is 17.3 Å². The highest BCUT2D eigenvalue weighted by molar-refractivity contribution is 5.03. The molecule has 2 saturated carbocycles. The van der Waals surface area contributed by atoms with Crippen molar-refractivity contribution in [2.45, 2.75) is 39.5 Å². The lowest BCUT2D eigenvalue weighted by Crippen LogP contribution is -2.13. The fraction of sp³-hybridized carbons (Fsp3) is 1.00. The molecule has 9 heavy (non-hydrogen) atoms. The Balaban J connectivity index is 2.11. The SMILES string of the molecule is CCC1(C)CCC2CC21. The van der Waals surface area contributed by atoms with Crippen molar-refractivity contribution in [3.05, 3.63) is 0 Å². The second-order valence-corrected chi connectivity index (χ2v) is 4.15. The molecule has 0 aromatic heterocycles. The van der Waals surface area contributed by atoms with Crippen LogP contribution in [0, 0.1) is 17.3 Å². The lowest BCUT2D eigenvalue weighted by Gasteiger charge is -2.23. The summed E-state index contributed by atoms with van der Waals surface area (Å²) in [5.74, 6) is 2.30. The van der Waals surface area contributed by atoms with Crippen molar-refractivity contribution in [3.63, 3.8) is 0 Å². The molecule has 3 atom stereocenters. The molecule has 0 aliphatic heterocycles. The molecule has 0 heterocycles. The van der Waals surface area contributed by atoms with Gasteiger partial charge >= 0.3 is 0 Å². The fourth-order valence-electron chi connectivity index (χ4n) is 2.56. The second-order valence-electron chi connectivity index (χ2n) is 4.15. The molecule has 3 unspecified atom stereocenters. The van der Waals surface area contributed by atoms with E-state index in [0.29, 0.717) is 0 Å². The van der Waals surface area contributed by atoms with Crippen molar-refractivity contribution in [2.75, 3.05) is 0 Å². The predicted molar refractivity (Wildman–Crippen MR) is 39.2 cm³/mol. The number of hydrogen-bond acceptors (Lipinski definition) is 0. The molecule has 0 N–H and O–H groups in total. The van der Waals surface area contributed by atoms with Gasteiger partial charge < -0.3 is 0 Å². The van der Waals surface area contributed by atoms with E-state index in [2.05, 4.69) is 13.8 Å². The first-order chi connectivity index (χ1) is 4.26. The van der Waals surface area contributed by atoms with E-state index in [1.807, 2.05) is 0 Å². The van der Waals surface area contributed by atoms with E-state index in [4.69, 9.17) is 0 Å². The number of fused-ring (bicyclic) bond motifs is 1. The van der Waals surface area contributed by atoms with E-state index in [1.165, 1.54) is 19.3 Å². The first-order valence-electron chi connectivity index (χ1n) is 4.26. The minimum absolute atomic E-state index is 0.769. The van der Waals surface area contributed by atoms with Crippen LogP contribution in [0.1, 0.15) is 39.5 Å². The Hall–Kier alpha value is 0. The first kappa shape index (κ1) is 5.76. The van der Waals surface area contributed by atoms with Gasteiger partial charge in [-0.05, 0) is 36.5 Å². The fourth-order valence-corrected chi connectivity index (χ4v) is 2.56. The molecular weight excluding hydrogens is 108 g/mol. The highest BCUT2D eigenvalue weighted by atomic mass is 14.6. The predicted octanol–water partition coefficient (Wildman–Crippen LogP) is 2.83. The smallest absolute Gasteiger partial charge is 0.0297 e. The molecule has 2 aliphatic rings. The summed E-state index contributed by atoms with van der Waals surface area (Å²) in [7, 11) is 0. The summed E-state index contributed by atoms with van der Waals surface area (Å²) in [6, 6.07) is 0. The Bertz CT molecular complexity index is 128. The largest absolute Gasteiger partial charge is 0.0649 e. The van der Waals surface area contributed by atoms with Gasteiger partial charge in [0.2, 0.25) is 0 Å². The third kappa shape index (κ3) is 0.653. The molecule has 0 spiro atoms. The van der Waals surface area contributed by atoms with Crippen LogP contribution in [-0.4, -0.2) is 0 Å². The van der Waals surface area contributed by atoms with E-state index in [-0.39, 0.29) is 0 Å². The first-order valence-corrected chi connectivity index (χ1v) is 4.26. The van der Waals surface area contributed by atoms with Gasteiger partial charge in [-0.15, -0.1) is 0 Å². The van der Waals surface area contributed by atoms with Crippen LogP contribution in [0.15, 0.2) is 0 Å². The number of rotatable bonds is 1. The van der Waals surface area contributed by atoms with E-state index < -0.39 is 0 Å². The monoisotopic (exact) mass is 124 g/mol. The van der Waals surface area contributed by atoms with Crippen LogP contribution in [-0.2, 0) is 0 Å². The van der Waals surface area contributed by atoms with Crippen LogP contribution in [0.25, 0.3) is 0 Å². The van der Waals surface area contributed by atoms with Crippen LogP contribution >= 0.6 is 0 Å². The van der Waals surface area contributed by atoms with E-state index in [9.17, 15) is 0 Å². The van der Waals surface area contributed by atoms with Gasteiger partial charge in [0.1, 0.15) is 0 Å². The number of hydrogen-bond donors (Lipinski definition) is 0. The average molecular weight is 124 g/mol. The third-order valence-electron chi connectivity index (χ3n) is 3.71. The van der Waals surface area contributed by atoms with E-state index >= 15 is 0 Å². The van der Waals surface area contributed by atoms with Gasteiger partial charge in [-0.3, -0.25) is 0 Å². The molecular formula is C9H16. The van der Waals surface area contributed by atoms with Crippen molar-refractivity contribution >= 4 is 0 Å². The van der Waals surface area contributed by atoms with Crippen LogP contribution in [0.4, 0.5) is 0 Å². The van der Waals surface area contributed by atoms with Crippen LogP contribution in [0.3, 0.4) is 0 Å². The Kier molecular flexibility index (Phi) is 0.980. The molecule has 52 valence electrons. The summed E-state index contributed by atoms with van der Waals surface area (Å²) in [5, 5.41) is 0. The maximum atomic E-state index is 2.48. The molecule has 0 amide bonds. The molecule has 2 fully saturated rings. The Labute approximate surface area is 57.6 Å². The highest BCUT2D eigenvalue weighted by Crippen LogP contribution is 2.63. The van der Waals surface area contributed by atoms with E-state index in [1.54, 1.807) is 6.42 Å². The van der Waals surface area contributed by atoms with Crippen LogP contribution in [0.5, 0.6) is 0 Å². The summed E-state index contributed by atoms with van der Waals surface area (Å²) < 4.78 is 0. The molecule has 2 rings (SSSR count). The molecule has 0 saturated heterocycles. The van der Waals surface area contributed by atoms with Gasteiger partial charge in [0.05, 0.1) is 0 Å². The molecule has 0 radical (unpaired) electrons. The molecule has 0 heteroatoms. The maximum absolute atomic E-state index is 2.48. The zero-order chi connectivity index (χ0) is 6.48. The van der Waals surface area contributed by atoms with Crippen molar-refractivity contribution in [3.8, 4) is 0 Å². The summed E-state index contributed by atoms with van der Waals surface area (Å²) in [5.41, 5.74) is 0.769. The van der Waals surface area contributed by atoms with Crippen LogP contribution in [0.2, 0.25) is 0 Å². The summed E-state index contributed by atoms with van der Waals surface area (Å²) in [4.78, 5) is 0. The van der Waals surface area contributed by atoms with Crippen molar-refractivity contribution < 1.29 is 0 Å². The van der Waals surface area contributed by atoms with Gasteiger partial charge in [-0.1, -0.05) is 20.3 Å². The average Bonchev–Trinajstić information content (AvgIpc) is 2.58. The van der Waals surface area contributed by atoms with E-state index in [0.717, 1.165) is 17.3 Å². The molecule has 0 bridgehead atoms. The summed E-state index contributed by atoms with van der Waals surface area (Å²) >= 11 is 0. The van der Waals surface area contributed by atoms with Crippen molar-refractivity contribution in [1.82, 2.24) is 0 Å². The third-order valence-corrected chi connectivity index (χ3v) is 3.71. The minimum atomic E-state index is 0.769. The van der Waals surface area contributed by atoms with Gasteiger partial charge in [-0.2, -0.15) is 0 Å². The quantitative estimate of drug-likeness (QED) is 0.504. The second kappa shape index (κ2) is 1.53. The highest BCUT2D eigenvalue weighted by Gasteiger charge is 2.53. The van der Waals surface area contributed by atoms with Crippen LogP contribution < -0.4 is 0 Å². The minimum Gasteiger partial charge on any atom is -0.0649 e. The van der Waals surface area contributed by atoms with Crippen molar-refractivity contribution in [1.29, 1.82) is 0 Å². The Morgan fingerprint density at radius 2 is 2.33 bits per heavy atom. The van der Waals surface area contributed by atoms with Gasteiger partial charge in [0, 0.05) is 0 Å². The normalized spacial score (nSPS) is 55.3. The van der Waals surface area contributed by atoms with Gasteiger partial charge in [-0.25, -0.2) is 0 Å². The summed E-state index contributed by atoms with van der Waals surface area (Å²) in [6.45, 7) is 4.82. The molecule has 2 aliphatic carbocycles. The maximum Gasteiger partial charge on any atom is -0.0297 e. The Morgan fingerprint density at radius 1 is 1.56 bits per heavy atom. The lowest BCUT2D eigenvalue weighted by atomic mass is 9.82. The zero-order valence-corrected chi connectivity index (χ0v) is 6.48. The summed E-state index contributed by atoms with van der Waals surface area (Å²) in [6.07, 6.45) is 6.02. The lowest BCUT2D eigenvalue weighted by molar-refractivity contribution is 0.274. The van der Waals surface area contributed by atoms with Gasteiger partial charge in [0.25, 0.3) is 0 Å². The zero-order valence-electron chi connectivity index (χ0n) is 6.48.